The van der Waals surface area contributed by atoms with Gasteiger partial charge in [0, 0.05) is 0 Å². The van der Waals surface area contributed by atoms with Crippen LogP contribution in [-0.2, 0) is 4.74 Å². The molecule has 21 heavy (non-hydrogen) atoms. The number of ketones is 1. The lowest BCUT2D eigenvalue weighted by Crippen LogP contribution is -2.04. The van der Waals surface area contributed by atoms with Crippen LogP contribution in [0.15, 0.2) is 53.2 Å². The van der Waals surface area contributed by atoms with Crippen LogP contribution in [0.3, 0.4) is 0 Å². The molecule has 0 radical (unpaired) electrons. The molecule has 0 aromatic heterocycles. The Bertz CT molecular complexity index is 634. The fraction of sp³-hybridized carbons (Fsp3) is 0.188. The van der Waals surface area contributed by atoms with Crippen LogP contribution < -0.4 is 4.74 Å². The Labute approximate surface area is 127 Å². The average Bonchev–Trinajstić information content (AvgIpc) is 2.57. The molecule has 5 heteroatoms. The number of carbonyl (C=O) groups is 1. The minimum atomic E-state index is -0.480. The second-order valence-electron chi connectivity index (χ2n) is 4.24. The molecule has 1 aromatic carbocycles. The fourth-order valence-corrected chi connectivity index (χ4v) is 2.42. The maximum absolute atomic E-state index is 13.3. The summed E-state index contributed by atoms with van der Waals surface area (Å²) in [4.78, 5) is 12.8. The van der Waals surface area contributed by atoms with Crippen molar-refractivity contribution in [1.29, 1.82) is 0 Å². The Morgan fingerprint density at radius 2 is 2.33 bits per heavy atom. The van der Waals surface area contributed by atoms with E-state index in [1.807, 2.05) is 6.92 Å². The van der Waals surface area contributed by atoms with Gasteiger partial charge < -0.3 is 9.47 Å². The number of hydrogen-bond acceptors (Lipinski definition) is 4. The average molecular weight is 306 g/mol. The van der Waals surface area contributed by atoms with Gasteiger partial charge >= 0.3 is 0 Å². The molecule has 1 aliphatic rings. The number of carbonyl (C=O) groups excluding carboxylic acids is 1. The summed E-state index contributed by atoms with van der Waals surface area (Å²) in [5.74, 6) is 0.363. The normalized spacial score (nSPS) is 14.1. The highest BCUT2D eigenvalue weighted by Gasteiger charge is 2.26. The van der Waals surface area contributed by atoms with Gasteiger partial charge in [0.05, 0.1) is 23.5 Å². The molecule has 0 bridgehead atoms. The predicted molar refractivity (Wildman–Crippen MR) is 81.6 cm³/mol. The first-order valence-corrected chi connectivity index (χ1v) is 7.28. The number of rotatable bonds is 5. The van der Waals surface area contributed by atoms with Gasteiger partial charge in [0.15, 0.2) is 11.5 Å². The van der Waals surface area contributed by atoms with E-state index in [0.717, 1.165) is 0 Å². The van der Waals surface area contributed by atoms with Crippen molar-refractivity contribution in [1.82, 2.24) is 0 Å². The number of ether oxygens (including phenoxy) is 2. The highest BCUT2D eigenvalue weighted by atomic mass is 32.2. The molecule has 0 saturated carbocycles. The first-order chi connectivity index (χ1) is 10.1. The third kappa shape index (κ3) is 3.36. The van der Waals surface area contributed by atoms with Gasteiger partial charge in [-0.1, -0.05) is 24.9 Å². The van der Waals surface area contributed by atoms with Crippen LogP contribution in [0.2, 0.25) is 0 Å². The molecule has 3 nitrogen and oxygen atoms in total. The summed E-state index contributed by atoms with van der Waals surface area (Å²) in [6.07, 6.45) is 0.0103. The highest BCUT2D eigenvalue weighted by Crippen LogP contribution is 2.35. The van der Waals surface area contributed by atoms with Gasteiger partial charge in [0.25, 0.3) is 0 Å². The van der Waals surface area contributed by atoms with E-state index in [0.29, 0.717) is 28.8 Å². The number of benzene rings is 1. The monoisotopic (exact) mass is 306 g/mol. The first-order valence-electron chi connectivity index (χ1n) is 6.40. The zero-order valence-corrected chi connectivity index (χ0v) is 12.5. The van der Waals surface area contributed by atoms with E-state index in [2.05, 4.69) is 13.2 Å². The molecule has 0 unspecified atom stereocenters. The Morgan fingerprint density at radius 1 is 1.57 bits per heavy atom. The summed E-state index contributed by atoms with van der Waals surface area (Å²) in [7, 11) is 0. The first kappa shape index (κ1) is 15.4. The third-order valence-electron chi connectivity index (χ3n) is 2.83. The van der Waals surface area contributed by atoms with Crippen LogP contribution >= 0.6 is 11.8 Å². The van der Waals surface area contributed by atoms with Crippen LogP contribution in [0.25, 0.3) is 0 Å². The van der Waals surface area contributed by atoms with E-state index in [-0.39, 0.29) is 17.8 Å². The van der Waals surface area contributed by atoms with Gasteiger partial charge in [-0.05, 0) is 30.5 Å². The van der Waals surface area contributed by atoms with Crippen LogP contribution in [0.5, 0.6) is 5.75 Å². The maximum Gasteiger partial charge on any atom is 0.178 e. The lowest BCUT2D eigenvalue weighted by molar-refractivity contribution is 0.0965. The smallest absolute Gasteiger partial charge is 0.178 e. The van der Waals surface area contributed by atoms with Crippen molar-refractivity contribution in [3.8, 4) is 5.75 Å². The summed E-state index contributed by atoms with van der Waals surface area (Å²) >= 11 is 1.28. The number of halogens is 1. The molecular weight excluding hydrogens is 291 g/mol. The van der Waals surface area contributed by atoms with Crippen molar-refractivity contribution < 1.29 is 18.7 Å². The van der Waals surface area contributed by atoms with E-state index >= 15 is 0 Å². The Hall–Kier alpha value is -2.01. The van der Waals surface area contributed by atoms with E-state index in [1.54, 1.807) is 5.41 Å². The number of hydrogen-bond donors (Lipinski definition) is 0. The largest absolute Gasteiger partial charge is 0.494 e. The lowest BCUT2D eigenvalue weighted by atomic mass is 10.1. The standard InChI is InChI=1S/C16H15FO3S/c1-4-19-15-9-13(18)12-8-11(17)6-7-14(12)20-16(15)10(3)21-5-2/h5-8H,2-4,9H2,1H3. The summed E-state index contributed by atoms with van der Waals surface area (Å²) in [5.41, 5.74) is 0.207. The van der Waals surface area contributed by atoms with Gasteiger partial charge in [-0.3, -0.25) is 4.79 Å². The molecule has 1 heterocycles. The van der Waals surface area contributed by atoms with Crippen LogP contribution in [0, 0.1) is 5.82 Å². The fourth-order valence-electron chi connectivity index (χ4n) is 1.95. The van der Waals surface area contributed by atoms with Gasteiger partial charge in [-0.2, -0.15) is 0 Å². The highest BCUT2D eigenvalue weighted by molar-refractivity contribution is 8.06. The SMILES string of the molecule is C=CSC(=C)C1=C(OCC)CC(=O)c2cc(F)ccc2O1. The van der Waals surface area contributed by atoms with E-state index in [1.165, 1.54) is 30.0 Å². The molecule has 1 aromatic rings. The topological polar surface area (TPSA) is 35.5 Å². The summed E-state index contributed by atoms with van der Waals surface area (Å²) in [6.45, 7) is 9.74. The Balaban J connectivity index is 2.49. The molecule has 110 valence electrons. The van der Waals surface area contributed by atoms with Crippen LogP contribution in [-0.4, -0.2) is 12.4 Å². The van der Waals surface area contributed by atoms with Crippen molar-refractivity contribution in [3.05, 3.63) is 64.6 Å². The van der Waals surface area contributed by atoms with Crippen molar-refractivity contribution in [2.24, 2.45) is 0 Å². The summed E-state index contributed by atoms with van der Waals surface area (Å²) in [5, 5.41) is 1.61. The summed E-state index contributed by atoms with van der Waals surface area (Å²) < 4.78 is 24.6. The second kappa shape index (κ2) is 6.63. The van der Waals surface area contributed by atoms with E-state index in [9.17, 15) is 9.18 Å². The third-order valence-corrected chi connectivity index (χ3v) is 3.46. The Morgan fingerprint density at radius 3 is 3.00 bits per heavy atom. The molecule has 0 spiro atoms. The van der Waals surface area contributed by atoms with Gasteiger partial charge in [-0.15, -0.1) is 0 Å². The molecule has 1 aliphatic heterocycles. The molecule has 2 rings (SSSR count). The van der Waals surface area contributed by atoms with Gasteiger partial charge in [0.2, 0.25) is 0 Å². The molecule has 0 fully saturated rings. The quantitative estimate of drug-likeness (QED) is 0.806. The van der Waals surface area contributed by atoms with Gasteiger partial charge in [0.1, 0.15) is 17.3 Å². The van der Waals surface area contributed by atoms with E-state index in [4.69, 9.17) is 9.47 Å². The molecule has 0 aliphatic carbocycles. The zero-order valence-electron chi connectivity index (χ0n) is 11.6. The predicted octanol–water partition coefficient (Wildman–Crippen LogP) is 4.43. The van der Waals surface area contributed by atoms with Crippen LogP contribution in [0.4, 0.5) is 4.39 Å². The molecule has 0 amide bonds. The molecule has 0 atom stereocenters. The van der Waals surface area contributed by atoms with E-state index < -0.39 is 5.82 Å². The molecule has 0 saturated heterocycles. The molecule has 0 N–H and O–H groups in total. The number of allylic oxidation sites excluding steroid dienone is 1. The van der Waals surface area contributed by atoms with Crippen molar-refractivity contribution in [2.45, 2.75) is 13.3 Å². The number of fused-ring (bicyclic) bond motifs is 1. The van der Waals surface area contributed by atoms with Crippen molar-refractivity contribution in [2.75, 3.05) is 6.61 Å². The minimum absolute atomic E-state index is 0.0103. The zero-order chi connectivity index (χ0) is 15.4. The Kier molecular flexibility index (Phi) is 4.85. The molecular formula is C16H15FO3S. The minimum Gasteiger partial charge on any atom is -0.494 e. The lowest BCUT2D eigenvalue weighted by Gasteiger charge is -2.14. The van der Waals surface area contributed by atoms with Crippen LogP contribution in [0.1, 0.15) is 23.7 Å². The van der Waals surface area contributed by atoms with Crippen molar-refractivity contribution >= 4 is 17.5 Å². The maximum atomic E-state index is 13.3. The second-order valence-corrected chi connectivity index (χ2v) is 5.30. The number of Topliss-reactive ketones (excluding diaryl/α,β-unsaturated/α-hetero) is 1. The summed E-state index contributed by atoms with van der Waals surface area (Å²) in [6, 6.07) is 3.86. The number of thioether (sulfide) groups is 1. The van der Waals surface area contributed by atoms with Gasteiger partial charge in [-0.25, -0.2) is 4.39 Å². The van der Waals surface area contributed by atoms with Crippen molar-refractivity contribution in [3.63, 3.8) is 0 Å².